The van der Waals surface area contributed by atoms with Gasteiger partial charge in [0.05, 0.1) is 0 Å². The summed E-state index contributed by atoms with van der Waals surface area (Å²) in [5.41, 5.74) is 0.932. The maximum Gasteiger partial charge on any atom is 0.261 e. The van der Waals surface area contributed by atoms with E-state index >= 15 is 0 Å². The number of H-pyrrole nitrogens is 1. The van der Waals surface area contributed by atoms with Gasteiger partial charge in [-0.15, -0.1) is 0 Å². The Labute approximate surface area is 129 Å². The van der Waals surface area contributed by atoms with Gasteiger partial charge in [0, 0.05) is 29.8 Å². The van der Waals surface area contributed by atoms with Crippen LogP contribution in [0.2, 0.25) is 0 Å². The van der Waals surface area contributed by atoms with Gasteiger partial charge < -0.3 is 9.88 Å². The number of likely N-dealkylation sites (tertiary alicyclic amines) is 1. The van der Waals surface area contributed by atoms with Gasteiger partial charge in [0.1, 0.15) is 5.56 Å². The summed E-state index contributed by atoms with van der Waals surface area (Å²) in [5, 5.41) is 0. The summed E-state index contributed by atoms with van der Waals surface area (Å²) >= 11 is 0. The average Bonchev–Trinajstić information content (AvgIpc) is 2.46. The topological polar surface area (TPSA) is 70.2 Å². The molecule has 1 fully saturated rings. The lowest BCUT2D eigenvalue weighted by atomic mass is 9.92. The van der Waals surface area contributed by atoms with Crippen molar-refractivity contribution in [2.45, 2.75) is 64.5 Å². The van der Waals surface area contributed by atoms with Gasteiger partial charge in [0.2, 0.25) is 0 Å². The van der Waals surface area contributed by atoms with E-state index in [9.17, 15) is 14.4 Å². The molecule has 118 valence electrons. The molecule has 1 N–H and O–H groups in total. The van der Waals surface area contributed by atoms with E-state index in [1.165, 1.54) is 6.07 Å². The first kappa shape index (κ1) is 15.0. The van der Waals surface area contributed by atoms with Gasteiger partial charge >= 0.3 is 0 Å². The molecule has 1 aliphatic heterocycles. The Hall–Kier alpha value is -1.91. The SMILES string of the molecule is CC1CCCC(C)N1C(=O)c1cc2c([nH]c1=O)CCCC2=O. The Balaban J connectivity index is 2.01. The van der Waals surface area contributed by atoms with Crippen LogP contribution in [0.15, 0.2) is 10.9 Å². The van der Waals surface area contributed by atoms with Crippen molar-refractivity contribution in [3.63, 3.8) is 0 Å². The molecule has 2 atom stereocenters. The van der Waals surface area contributed by atoms with E-state index in [2.05, 4.69) is 4.98 Å². The number of carbonyl (C=O) groups excluding carboxylic acids is 2. The third kappa shape index (κ3) is 2.49. The zero-order valence-corrected chi connectivity index (χ0v) is 13.1. The van der Waals surface area contributed by atoms with Crippen LogP contribution >= 0.6 is 0 Å². The Morgan fingerprint density at radius 3 is 2.50 bits per heavy atom. The highest BCUT2D eigenvalue weighted by Gasteiger charge is 2.32. The molecule has 1 aromatic heterocycles. The quantitative estimate of drug-likeness (QED) is 0.865. The highest BCUT2D eigenvalue weighted by atomic mass is 16.2. The third-order valence-electron chi connectivity index (χ3n) is 4.91. The van der Waals surface area contributed by atoms with E-state index in [1.807, 2.05) is 13.8 Å². The molecule has 0 saturated carbocycles. The molecule has 0 aromatic carbocycles. The van der Waals surface area contributed by atoms with Gasteiger partial charge in [-0.1, -0.05) is 0 Å². The number of amides is 1. The van der Waals surface area contributed by atoms with Crippen molar-refractivity contribution < 1.29 is 9.59 Å². The van der Waals surface area contributed by atoms with E-state index in [4.69, 9.17) is 0 Å². The maximum absolute atomic E-state index is 12.8. The number of nitrogens with zero attached hydrogens (tertiary/aromatic N) is 1. The predicted molar refractivity (Wildman–Crippen MR) is 83.3 cm³/mol. The third-order valence-corrected chi connectivity index (χ3v) is 4.91. The molecule has 1 aliphatic carbocycles. The number of rotatable bonds is 1. The van der Waals surface area contributed by atoms with Crippen molar-refractivity contribution >= 4 is 11.7 Å². The van der Waals surface area contributed by atoms with Crippen LogP contribution in [0.1, 0.15) is 72.4 Å². The number of fused-ring (bicyclic) bond motifs is 1. The van der Waals surface area contributed by atoms with Gasteiger partial charge in [-0.3, -0.25) is 14.4 Å². The van der Waals surface area contributed by atoms with Gasteiger partial charge in [-0.25, -0.2) is 0 Å². The van der Waals surface area contributed by atoms with Gasteiger partial charge in [-0.2, -0.15) is 0 Å². The fourth-order valence-electron chi connectivity index (χ4n) is 3.69. The van der Waals surface area contributed by atoms with E-state index in [0.717, 1.165) is 25.7 Å². The molecule has 0 bridgehead atoms. The van der Waals surface area contributed by atoms with E-state index in [0.29, 0.717) is 24.1 Å². The number of hydrogen-bond donors (Lipinski definition) is 1. The van der Waals surface area contributed by atoms with Crippen molar-refractivity contribution in [2.24, 2.45) is 0 Å². The van der Waals surface area contributed by atoms with Crippen LogP contribution < -0.4 is 5.56 Å². The molecule has 1 saturated heterocycles. The lowest BCUT2D eigenvalue weighted by molar-refractivity contribution is 0.0509. The lowest BCUT2D eigenvalue weighted by Gasteiger charge is -2.39. The normalized spacial score (nSPS) is 25.0. The molecule has 22 heavy (non-hydrogen) atoms. The highest BCUT2D eigenvalue weighted by Crippen LogP contribution is 2.25. The highest BCUT2D eigenvalue weighted by molar-refractivity contribution is 6.01. The number of aromatic amines is 1. The van der Waals surface area contributed by atoms with Gasteiger partial charge in [0.25, 0.3) is 11.5 Å². The van der Waals surface area contributed by atoms with E-state index < -0.39 is 0 Å². The number of ketones is 1. The lowest BCUT2D eigenvalue weighted by Crippen LogP contribution is -2.49. The second-order valence-corrected chi connectivity index (χ2v) is 6.52. The number of nitrogens with one attached hydrogen (secondary N) is 1. The molecule has 1 aromatic rings. The summed E-state index contributed by atoms with van der Waals surface area (Å²) in [5.74, 6) is -0.228. The summed E-state index contributed by atoms with van der Waals surface area (Å²) < 4.78 is 0. The Morgan fingerprint density at radius 2 is 1.82 bits per heavy atom. The van der Waals surface area contributed by atoms with E-state index in [1.54, 1.807) is 4.90 Å². The van der Waals surface area contributed by atoms with Crippen molar-refractivity contribution in [2.75, 3.05) is 0 Å². The van der Waals surface area contributed by atoms with Crippen molar-refractivity contribution in [3.05, 3.63) is 33.2 Å². The molecule has 2 unspecified atom stereocenters. The minimum atomic E-state index is -0.372. The molecule has 2 aliphatic rings. The van der Waals surface area contributed by atoms with Crippen LogP contribution in [-0.4, -0.2) is 33.7 Å². The maximum atomic E-state index is 12.8. The standard InChI is InChI=1S/C17H22N2O3/c1-10-5-3-6-11(2)19(10)17(22)13-9-12-14(18-16(13)21)7-4-8-15(12)20/h9-11H,3-8H2,1-2H3,(H,18,21). The first-order chi connectivity index (χ1) is 10.5. The van der Waals surface area contributed by atoms with Gasteiger partial charge in [0.15, 0.2) is 5.78 Å². The Bertz CT molecular complexity index is 667. The van der Waals surface area contributed by atoms with E-state index in [-0.39, 0.29) is 34.9 Å². The molecule has 3 rings (SSSR count). The molecule has 2 heterocycles. The first-order valence-corrected chi connectivity index (χ1v) is 8.11. The summed E-state index contributed by atoms with van der Waals surface area (Å²) in [7, 11) is 0. The minimum Gasteiger partial charge on any atom is -0.333 e. The van der Waals surface area contributed by atoms with Crippen LogP contribution in [0.25, 0.3) is 0 Å². The average molecular weight is 302 g/mol. The van der Waals surface area contributed by atoms with Crippen molar-refractivity contribution in [1.29, 1.82) is 0 Å². The monoisotopic (exact) mass is 302 g/mol. The minimum absolute atomic E-state index is 0.0197. The van der Waals surface area contributed by atoms with Gasteiger partial charge in [-0.05, 0) is 52.0 Å². The molecule has 5 nitrogen and oxygen atoms in total. The molecule has 0 radical (unpaired) electrons. The molecular weight excluding hydrogens is 280 g/mol. The fraction of sp³-hybridized carbons (Fsp3) is 0.588. The number of hydrogen-bond acceptors (Lipinski definition) is 3. The number of Topliss-reactive ketones (excluding diaryl/α,β-unsaturated/α-hetero) is 1. The summed E-state index contributed by atoms with van der Waals surface area (Å²) in [6, 6.07) is 1.77. The number of pyridine rings is 1. The smallest absolute Gasteiger partial charge is 0.261 e. The summed E-state index contributed by atoms with van der Waals surface area (Å²) in [4.78, 5) is 41.7. The first-order valence-electron chi connectivity index (χ1n) is 8.11. The zero-order chi connectivity index (χ0) is 15.9. The Kier molecular flexibility index (Phi) is 3.89. The van der Waals surface area contributed by atoms with Crippen LogP contribution in [0, 0.1) is 0 Å². The van der Waals surface area contributed by atoms with Crippen molar-refractivity contribution in [1.82, 2.24) is 9.88 Å². The number of carbonyl (C=O) groups is 2. The van der Waals surface area contributed by atoms with Crippen LogP contribution in [-0.2, 0) is 6.42 Å². The molecule has 1 amide bonds. The van der Waals surface area contributed by atoms with Crippen molar-refractivity contribution in [3.8, 4) is 0 Å². The Morgan fingerprint density at radius 1 is 1.14 bits per heavy atom. The largest absolute Gasteiger partial charge is 0.333 e. The van der Waals surface area contributed by atoms with Crippen LogP contribution in [0.5, 0.6) is 0 Å². The predicted octanol–water partition coefficient (Wildman–Crippen LogP) is 2.30. The number of aryl methyl sites for hydroxylation is 1. The second-order valence-electron chi connectivity index (χ2n) is 6.52. The fourth-order valence-corrected chi connectivity index (χ4v) is 3.69. The molecule has 0 spiro atoms. The second kappa shape index (κ2) is 5.71. The number of aromatic nitrogens is 1. The number of piperidine rings is 1. The molecular formula is C17H22N2O3. The summed E-state index contributed by atoms with van der Waals surface area (Å²) in [6.45, 7) is 4.04. The van der Waals surface area contributed by atoms with Crippen LogP contribution in [0.3, 0.4) is 0 Å². The van der Waals surface area contributed by atoms with Crippen LogP contribution in [0.4, 0.5) is 0 Å². The molecule has 5 heteroatoms. The zero-order valence-electron chi connectivity index (χ0n) is 13.1. The summed E-state index contributed by atoms with van der Waals surface area (Å²) in [6.07, 6.45) is 4.96.